The molecule has 1 fully saturated rings. The number of aromatic nitrogens is 1. The number of quaternary nitrogens is 1. The first-order chi connectivity index (χ1) is 13.9. The van der Waals surface area contributed by atoms with Gasteiger partial charge in [0.15, 0.2) is 6.04 Å². The minimum atomic E-state index is -0.334. The number of carbonyl (C=O) groups excluding carboxylic acids is 2. The number of amides is 2. The molecule has 0 saturated carbocycles. The Kier molecular flexibility index (Phi) is 5.24. The number of anilines is 1. The molecule has 5 heteroatoms. The van der Waals surface area contributed by atoms with E-state index in [1.165, 1.54) is 27.0 Å². The van der Waals surface area contributed by atoms with Crippen molar-refractivity contribution < 1.29 is 14.9 Å². The topological polar surface area (TPSA) is 69.8 Å². The van der Waals surface area contributed by atoms with Gasteiger partial charge in [-0.05, 0) is 48.2 Å². The Bertz CT molecular complexity index is 1050. The molecule has 1 aromatic heterocycles. The van der Waals surface area contributed by atoms with Gasteiger partial charge in [0.25, 0.3) is 5.91 Å². The van der Waals surface area contributed by atoms with Gasteiger partial charge < -0.3 is 10.3 Å². The van der Waals surface area contributed by atoms with E-state index in [0.29, 0.717) is 11.6 Å². The zero-order valence-corrected chi connectivity index (χ0v) is 17.2. The molecule has 150 valence electrons. The fraction of sp³-hybridized carbons (Fsp3) is 0.333. The average Bonchev–Trinajstić information content (AvgIpc) is 3.22. The van der Waals surface area contributed by atoms with Crippen LogP contribution in [0.2, 0.25) is 0 Å². The Labute approximate surface area is 171 Å². The lowest BCUT2D eigenvalue weighted by molar-refractivity contribution is -0.674. The van der Waals surface area contributed by atoms with Gasteiger partial charge in [-0.15, -0.1) is 0 Å². The number of rotatable bonds is 6. The van der Waals surface area contributed by atoms with Crippen LogP contribution in [0.25, 0.3) is 10.9 Å². The molecule has 2 amide bonds. The van der Waals surface area contributed by atoms with Gasteiger partial charge in [-0.1, -0.05) is 37.6 Å². The van der Waals surface area contributed by atoms with Gasteiger partial charge in [0, 0.05) is 23.5 Å². The van der Waals surface area contributed by atoms with Gasteiger partial charge in [0.2, 0.25) is 5.91 Å². The second kappa shape index (κ2) is 7.84. The lowest BCUT2D eigenvalue weighted by Crippen LogP contribution is -2.92. The Hall–Kier alpha value is -2.92. The largest absolute Gasteiger partial charge is 0.361 e. The Balaban J connectivity index is 1.40. The molecule has 0 radical (unpaired) electrons. The SMILES string of the molecule is Cc1ccc2[nH]cc(CC[NH2+][C@H]3CC(=O)N(c4ccc(C(C)C)cc4)C3=O)c2c1. The van der Waals surface area contributed by atoms with E-state index in [1.54, 1.807) is 0 Å². The number of aryl methyl sites for hydroxylation is 1. The van der Waals surface area contributed by atoms with Gasteiger partial charge in [-0.3, -0.25) is 9.59 Å². The van der Waals surface area contributed by atoms with E-state index in [2.05, 4.69) is 44.0 Å². The number of aromatic amines is 1. The smallest absolute Gasteiger partial charge is 0.292 e. The minimum absolute atomic E-state index is 0.109. The molecule has 0 spiro atoms. The van der Waals surface area contributed by atoms with Crippen LogP contribution in [0, 0.1) is 6.92 Å². The van der Waals surface area contributed by atoms with Crippen molar-refractivity contribution in [3.8, 4) is 0 Å². The standard InChI is InChI=1S/C24H27N3O2/c1-15(2)17-5-7-19(8-6-17)27-23(28)13-22(24(27)29)25-11-10-18-14-26-21-9-4-16(3)12-20(18)21/h4-9,12,14-15,22,25-26H,10-11,13H2,1-3H3/p+1/t22-/m0/s1. The molecule has 3 N–H and O–H groups in total. The number of H-pyrrole nitrogens is 1. The van der Waals surface area contributed by atoms with Crippen molar-refractivity contribution in [1.82, 2.24) is 4.98 Å². The van der Waals surface area contributed by atoms with Crippen molar-refractivity contribution in [3.63, 3.8) is 0 Å². The van der Waals surface area contributed by atoms with E-state index < -0.39 is 0 Å². The van der Waals surface area contributed by atoms with Crippen molar-refractivity contribution in [3.05, 3.63) is 65.4 Å². The van der Waals surface area contributed by atoms with Crippen LogP contribution in [-0.2, 0) is 16.0 Å². The molecule has 2 heterocycles. The summed E-state index contributed by atoms with van der Waals surface area (Å²) in [5.41, 5.74) is 5.49. The third-order valence-electron chi connectivity index (χ3n) is 5.79. The molecule has 1 saturated heterocycles. The van der Waals surface area contributed by atoms with Crippen LogP contribution < -0.4 is 10.2 Å². The first-order valence-electron chi connectivity index (χ1n) is 10.3. The van der Waals surface area contributed by atoms with E-state index in [0.717, 1.165) is 18.5 Å². The monoisotopic (exact) mass is 390 g/mol. The van der Waals surface area contributed by atoms with Crippen LogP contribution in [0.1, 0.15) is 42.9 Å². The van der Waals surface area contributed by atoms with Crippen LogP contribution in [0.5, 0.6) is 0 Å². The molecular weight excluding hydrogens is 362 g/mol. The summed E-state index contributed by atoms with van der Waals surface area (Å²) >= 11 is 0. The number of benzene rings is 2. The highest BCUT2D eigenvalue weighted by molar-refractivity contribution is 6.21. The second-order valence-corrected chi connectivity index (χ2v) is 8.26. The van der Waals surface area contributed by atoms with E-state index in [9.17, 15) is 9.59 Å². The number of fused-ring (bicyclic) bond motifs is 1. The van der Waals surface area contributed by atoms with Gasteiger partial charge in [-0.25, -0.2) is 4.90 Å². The quantitative estimate of drug-likeness (QED) is 0.635. The maximum Gasteiger partial charge on any atom is 0.292 e. The fourth-order valence-electron chi connectivity index (χ4n) is 4.06. The van der Waals surface area contributed by atoms with Crippen molar-refractivity contribution >= 4 is 28.4 Å². The maximum absolute atomic E-state index is 12.9. The average molecular weight is 391 g/mol. The number of carbonyl (C=O) groups is 2. The molecule has 0 bridgehead atoms. The summed E-state index contributed by atoms with van der Waals surface area (Å²) in [6.45, 7) is 7.11. The van der Waals surface area contributed by atoms with Gasteiger partial charge in [-0.2, -0.15) is 0 Å². The Morgan fingerprint density at radius 1 is 1.14 bits per heavy atom. The summed E-state index contributed by atoms with van der Waals surface area (Å²) < 4.78 is 0. The molecule has 2 aromatic carbocycles. The van der Waals surface area contributed by atoms with Crippen LogP contribution in [0.15, 0.2) is 48.7 Å². The zero-order chi connectivity index (χ0) is 20.5. The number of hydrogen-bond acceptors (Lipinski definition) is 2. The van der Waals surface area contributed by atoms with Crippen LogP contribution >= 0.6 is 0 Å². The number of nitrogens with two attached hydrogens (primary N) is 1. The fourth-order valence-corrected chi connectivity index (χ4v) is 4.06. The number of hydrogen-bond donors (Lipinski definition) is 2. The van der Waals surface area contributed by atoms with Gasteiger partial charge >= 0.3 is 0 Å². The minimum Gasteiger partial charge on any atom is -0.361 e. The van der Waals surface area contributed by atoms with E-state index in [4.69, 9.17) is 0 Å². The highest BCUT2D eigenvalue weighted by Gasteiger charge is 2.42. The summed E-state index contributed by atoms with van der Waals surface area (Å²) in [4.78, 5) is 30.0. The number of nitrogens with zero attached hydrogens (tertiary/aromatic N) is 1. The molecule has 0 unspecified atom stereocenters. The predicted octanol–water partition coefficient (Wildman–Crippen LogP) is 3.04. The highest BCUT2D eigenvalue weighted by Crippen LogP contribution is 2.24. The lowest BCUT2D eigenvalue weighted by atomic mass is 10.0. The summed E-state index contributed by atoms with van der Waals surface area (Å²) in [7, 11) is 0. The third-order valence-corrected chi connectivity index (χ3v) is 5.79. The third kappa shape index (κ3) is 3.83. The molecule has 1 aliphatic heterocycles. The van der Waals surface area contributed by atoms with Crippen molar-refractivity contribution in [2.24, 2.45) is 0 Å². The molecule has 29 heavy (non-hydrogen) atoms. The molecule has 0 aliphatic carbocycles. The number of imide groups is 1. The predicted molar refractivity (Wildman–Crippen MR) is 115 cm³/mol. The Morgan fingerprint density at radius 2 is 1.90 bits per heavy atom. The first-order valence-corrected chi connectivity index (χ1v) is 10.3. The van der Waals surface area contributed by atoms with Gasteiger partial charge in [0.1, 0.15) is 0 Å². The highest BCUT2D eigenvalue weighted by atomic mass is 16.2. The Morgan fingerprint density at radius 3 is 2.62 bits per heavy atom. The van der Waals surface area contributed by atoms with Crippen molar-refractivity contribution in [1.29, 1.82) is 0 Å². The molecule has 5 nitrogen and oxygen atoms in total. The summed E-state index contributed by atoms with van der Waals surface area (Å²) in [5, 5.41) is 3.25. The van der Waals surface area contributed by atoms with E-state index in [1.807, 2.05) is 35.8 Å². The second-order valence-electron chi connectivity index (χ2n) is 8.26. The lowest BCUT2D eigenvalue weighted by Gasteiger charge is -2.15. The zero-order valence-electron chi connectivity index (χ0n) is 17.2. The van der Waals surface area contributed by atoms with Crippen molar-refractivity contribution in [2.75, 3.05) is 11.4 Å². The van der Waals surface area contributed by atoms with Crippen LogP contribution in [-0.4, -0.2) is 29.4 Å². The summed E-state index contributed by atoms with van der Waals surface area (Å²) in [5.74, 6) is 0.196. The van der Waals surface area contributed by atoms with E-state index in [-0.39, 0.29) is 24.3 Å². The maximum atomic E-state index is 12.9. The normalized spacial score (nSPS) is 17.1. The molecule has 4 rings (SSSR count). The first kappa shape index (κ1) is 19.4. The molecular formula is C24H28N3O2+. The molecule has 1 atom stereocenters. The summed E-state index contributed by atoms with van der Waals surface area (Å²) in [6, 6.07) is 13.8. The molecule has 3 aromatic rings. The molecule has 1 aliphatic rings. The summed E-state index contributed by atoms with van der Waals surface area (Å²) in [6.07, 6.45) is 3.16. The van der Waals surface area contributed by atoms with Crippen LogP contribution in [0.3, 0.4) is 0 Å². The van der Waals surface area contributed by atoms with Gasteiger partial charge in [0.05, 0.1) is 18.7 Å². The van der Waals surface area contributed by atoms with Crippen LogP contribution in [0.4, 0.5) is 5.69 Å². The van der Waals surface area contributed by atoms with E-state index >= 15 is 0 Å². The van der Waals surface area contributed by atoms with Crippen molar-refractivity contribution in [2.45, 2.75) is 45.6 Å². The number of nitrogens with one attached hydrogen (secondary N) is 1.